The molecule has 1 amide bonds. The maximum atomic E-state index is 13.3. The van der Waals surface area contributed by atoms with Crippen LogP contribution in [0.1, 0.15) is 24.1 Å². The summed E-state index contributed by atoms with van der Waals surface area (Å²) >= 11 is 3.11. The lowest BCUT2D eigenvalue weighted by Gasteiger charge is -2.25. The van der Waals surface area contributed by atoms with Crippen LogP contribution in [0, 0.1) is 5.82 Å². The molecular weight excluding hydrogens is 409 g/mol. The number of carbonyl (C=O) groups excluding carboxylic acids is 1. The van der Waals surface area contributed by atoms with Gasteiger partial charge in [0.1, 0.15) is 5.82 Å². The van der Waals surface area contributed by atoms with E-state index in [9.17, 15) is 17.6 Å². The lowest BCUT2D eigenvalue weighted by atomic mass is 10.1. The van der Waals surface area contributed by atoms with Gasteiger partial charge in [-0.25, -0.2) is 12.8 Å². The van der Waals surface area contributed by atoms with Gasteiger partial charge in [-0.1, -0.05) is 18.2 Å². The molecular formula is C18H19BrFNO3S. The molecule has 1 atom stereocenters. The highest BCUT2D eigenvalue weighted by Gasteiger charge is 2.18. The Balaban J connectivity index is 2.11. The molecule has 0 N–H and O–H groups in total. The van der Waals surface area contributed by atoms with Crippen LogP contribution >= 0.6 is 15.9 Å². The minimum absolute atomic E-state index is 0.113. The fourth-order valence-electron chi connectivity index (χ4n) is 2.38. The van der Waals surface area contributed by atoms with Crippen LogP contribution in [0.4, 0.5) is 4.39 Å². The van der Waals surface area contributed by atoms with Crippen LogP contribution in [0.5, 0.6) is 0 Å². The number of amides is 1. The number of rotatable bonds is 5. The van der Waals surface area contributed by atoms with E-state index < -0.39 is 9.84 Å². The molecule has 2 aromatic carbocycles. The van der Waals surface area contributed by atoms with Crippen molar-refractivity contribution >= 4 is 31.7 Å². The molecule has 4 nitrogen and oxygen atoms in total. The van der Waals surface area contributed by atoms with Crippen molar-refractivity contribution in [2.45, 2.75) is 24.3 Å². The largest absolute Gasteiger partial charge is 0.339 e. The second-order valence-electron chi connectivity index (χ2n) is 5.95. The molecule has 0 radical (unpaired) electrons. The fraction of sp³-hybridized carbons (Fsp3) is 0.278. The van der Waals surface area contributed by atoms with E-state index in [1.807, 2.05) is 6.92 Å². The number of hydrogen-bond donors (Lipinski definition) is 0. The van der Waals surface area contributed by atoms with Crippen LogP contribution in [0.25, 0.3) is 0 Å². The molecule has 0 heterocycles. The fourth-order valence-corrected chi connectivity index (χ4v) is 3.44. The van der Waals surface area contributed by atoms with Gasteiger partial charge < -0.3 is 4.90 Å². The first-order valence-corrected chi connectivity index (χ1v) is 10.3. The summed E-state index contributed by atoms with van der Waals surface area (Å²) in [6.07, 6.45) is 1.31. The maximum absolute atomic E-state index is 13.3. The highest BCUT2D eigenvalue weighted by atomic mass is 79.9. The molecule has 134 valence electrons. The van der Waals surface area contributed by atoms with Crippen molar-refractivity contribution in [1.82, 2.24) is 4.90 Å². The smallest absolute Gasteiger partial charge is 0.227 e. The van der Waals surface area contributed by atoms with Gasteiger partial charge in [-0.3, -0.25) is 4.79 Å². The van der Waals surface area contributed by atoms with E-state index >= 15 is 0 Å². The van der Waals surface area contributed by atoms with Gasteiger partial charge in [-0.2, -0.15) is 0 Å². The van der Waals surface area contributed by atoms with Crippen LogP contribution in [-0.4, -0.2) is 32.5 Å². The molecule has 0 spiro atoms. The predicted molar refractivity (Wildman–Crippen MR) is 98.5 cm³/mol. The number of likely N-dealkylation sites (N-methyl/N-ethyl adjacent to an activating group) is 1. The minimum Gasteiger partial charge on any atom is -0.339 e. The molecule has 2 aromatic rings. The minimum atomic E-state index is -3.25. The van der Waals surface area contributed by atoms with E-state index in [1.54, 1.807) is 36.2 Å². The maximum Gasteiger partial charge on any atom is 0.227 e. The number of hydrogen-bond acceptors (Lipinski definition) is 3. The highest BCUT2D eigenvalue weighted by Crippen LogP contribution is 2.22. The Morgan fingerprint density at radius 2 is 1.80 bits per heavy atom. The summed E-state index contributed by atoms with van der Waals surface area (Å²) in [6, 6.07) is 10.8. The van der Waals surface area contributed by atoms with Crippen molar-refractivity contribution in [3.05, 3.63) is 63.9 Å². The first kappa shape index (κ1) is 19.6. The summed E-state index contributed by atoms with van der Waals surface area (Å²) in [5, 5.41) is 0. The van der Waals surface area contributed by atoms with E-state index in [1.165, 1.54) is 18.2 Å². The van der Waals surface area contributed by atoms with Gasteiger partial charge in [-0.05, 0) is 58.2 Å². The van der Waals surface area contributed by atoms with Crippen molar-refractivity contribution in [2.75, 3.05) is 13.3 Å². The number of halogens is 2. The Bertz CT molecular complexity index is 882. The standard InChI is InChI=1S/C18H19BrFNO3S/c1-12(14-5-7-15(8-6-14)25(3,23)24)21(2)18(22)11-13-4-9-17(20)16(19)10-13/h4-10,12H,11H2,1-3H3. The van der Waals surface area contributed by atoms with Gasteiger partial charge in [0.25, 0.3) is 0 Å². The van der Waals surface area contributed by atoms with Gasteiger partial charge in [-0.15, -0.1) is 0 Å². The van der Waals surface area contributed by atoms with E-state index in [4.69, 9.17) is 0 Å². The molecule has 0 aliphatic heterocycles. The molecule has 25 heavy (non-hydrogen) atoms. The highest BCUT2D eigenvalue weighted by molar-refractivity contribution is 9.10. The Hall–Kier alpha value is -1.73. The SMILES string of the molecule is CC(c1ccc(S(C)(=O)=O)cc1)N(C)C(=O)Cc1ccc(F)c(Br)c1. The first-order valence-electron chi connectivity index (χ1n) is 7.59. The zero-order valence-corrected chi connectivity index (χ0v) is 16.6. The first-order chi connectivity index (χ1) is 11.6. The second-order valence-corrected chi connectivity index (χ2v) is 8.82. The van der Waals surface area contributed by atoms with Crippen LogP contribution in [-0.2, 0) is 21.1 Å². The topological polar surface area (TPSA) is 54.5 Å². The Kier molecular flexibility index (Phi) is 6.00. The van der Waals surface area contributed by atoms with Crippen molar-refractivity contribution < 1.29 is 17.6 Å². The summed E-state index contributed by atoms with van der Waals surface area (Å²) in [6.45, 7) is 1.87. The third kappa shape index (κ3) is 4.89. The summed E-state index contributed by atoms with van der Waals surface area (Å²) < 4.78 is 36.6. The molecule has 0 saturated heterocycles. The number of sulfone groups is 1. The summed E-state index contributed by atoms with van der Waals surface area (Å²) in [4.78, 5) is 14.3. The Morgan fingerprint density at radius 3 is 2.32 bits per heavy atom. The number of carbonyl (C=O) groups is 1. The molecule has 0 aliphatic rings. The zero-order chi connectivity index (χ0) is 18.8. The van der Waals surface area contributed by atoms with E-state index in [2.05, 4.69) is 15.9 Å². The Morgan fingerprint density at radius 1 is 1.20 bits per heavy atom. The third-order valence-corrected chi connectivity index (χ3v) is 5.84. The number of benzene rings is 2. The molecule has 0 bridgehead atoms. The summed E-state index contributed by atoms with van der Waals surface area (Å²) in [7, 11) is -1.56. The van der Waals surface area contributed by atoms with Crippen LogP contribution in [0.3, 0.4) is 0 Å². The average molecular weight is 428 g/mol. The Labute approximate surface area is 155 Å². The molecule has 0 aromatic heterocycles. The lowest BCUT2D eigenvalue weighted by Crippen LogP contribution is -2.31. The normalized spacial score (nSPS) is 12.7. The molecule has 1 unspecified atom stereocenters. The molecule has 0 aliphatic carbocycles. The molecule has 0 saturated carbocycles. The van der Waals surface area contributed by atoms with Gasteiger partial charge >= 0.3 is 0 Å². The zero-order valence-electron chi connectivity index (χ0n) is 14.2. The van der Waals surface area contributed by atoms with Crippen LogP contribution in [0.2, 0.25) is 0 Å². The second kappa shape index (κ2) is 7.66. The summed E-state index contributed by atoms with van der Waals surface area (Å²) in [5.41, 5.74) is 1.55. The molecule has 7 heteroatoms. The van der Waals surface area contributed by atoms with Gasteiger partial charge in [0.2, 0.25) is 5.91 Å². The van der Waals surface area contributed by atoms with Crippen molar-refractivity contribution in [3.8, 4) is 0 Å². The van der Waals surface area contributed by atoms with Crippen LogP contribution in [0.15, 0.2) is 51.8 Å². The quantitative estimate of drug-likeness (QED) is 0.729. The van der Waals surface area contributed by atoms with Gasteiger partial charge in [0.15, 0.2) is 9.84 Å². The van der Waals surface area contributed by atoms with Crippen molar-refractivity contribution in [2.24, 2.45) is 0 Å². The average Bonchev–Trinajstić information content (AvgIpc) is 2.56. The van der Waals surface area contributed by atoms with Crippen molar-refractivity contribution in [1.29, 1.82) is 0 Å². The monoisotopic (exact) mass is 427 g/mol. The van der Waals surface area contributed by atoms with Crippen LogP contribution < -0.4 is 0 Å². The van der Waals surface area contributed by atoms with Gasteiger partial charge in [0.05, 0.1) is 21.8 Å². The molecule has 2 rings (SSSR count). The van der Waals surface area contributed by atoms with E-state index in [0.29, 0.717) is 10.0 Å². The summed E-state index contributed by atoms with van der Waals surface area (Å²) in [5.74, 6) is -0.484. The molecule has 0 fully saturated rings. The number of nitrogens with zero attached hydrogens (tertiary/aromatic N) is 1. The lowest BCUT2D eigenvalue weighted by molar-refractivity contribution is -0.131. The van der Waals surface area contributed by atoms with E-state index in [-0.39, 0.29) is 29.1 Å². The predicted octanol–water partition coefficient (Wildman–Crippen LogP) is 3.75. The third-order valence-electron chi connectivity index (χ3n) is 4.10. The van der Waals surface area contributed by atoms with Gasteiger partial charge in [0, 0.05) is 13.3 Å². The van der Waals surface area contributed by atoms with E-state index in [0.717, 1.165) is 11.8 Å². The van der Waals surface area contributed by atoms with Crippen molar-refractivity contribution in [3.63, 3.8) is 0 Å².